The molecule has 0 aliphatic carbocycles. The van der Waals surface area contributed by atoms with Gasteiger partial charge in [0, 0.05) is 24.0 Å². The smallest absolute Gasteiger partial charge is 0.185 e. The van der Waals surface area contributed by atoms with Crippen LogP contribution < -0.4 is 0 Å². The number of aromatic amines is 1. The zero-order valence-corrected chi connectivity index (χ0v) is 14.4. The van der Waals surface area contributed by atoms with E-state index in [2.05, 4.69) is 25.9 Å². The number of likely N-dealkylation sites (tertiary alicyclic amines) is 1. The van der Waals surface area contributed by atoms with Crippen molar-refractivity contribution < 1.29 is 4.79 Å². The Morgan fingerprint density at radius 2 is 1.96 bits per heavy atom. The molecule has 1 aliphatic rings. The first-order valence-electron chi connectivity index (χ1n) is 8.78. The molecule has 0 radical (unpaired) electrons. The van der Waals surface area contributed by atoms with Gasteiger partial charge in [-0.3, -0.25) is 9.69 Å². The molecule has 0 amide bonds. The molecular weight excluding hydrogens is 326 g/mol. The summed E-state index contributed by atoms with van der Waals surface area (Å²) in [7, 11) is 0. The van der Waals surface area contributed by atoms with Gasteiger partial charge < -0.3 is 4.98 Å². The van der Waals surface area contributed by atoms with Crippen LogP contribution in [-0.2, 0) is 6.54 Å². The average Bonchev–Trinajstić information content (AvgIpc) is 3.17. The van der Waals surface area contributed by atoms with Gasteiger partial charge in [0.25, 0.3) is 0 Å². The summed E-state index contributed by atoms with van der Waals surface area (Å²) in [6.07, 6.45) is 4.92. The van der Waals surface area contributed by atoms with Crippen LogP contribution in [0.1, 0.15) is 34.5 Å². The molecule has 0 saturated carbocycles. The van der Waals surface area contributed by atoms with Crippen molar-refractivity contribution in [1.82, 2.24) is 19.9 Å². The van der Waals surface area contributed by atoms with E-state index in [1.165, 1.54) is 11.9 Å². The van der Waals surface area contributed by atoms with Crippen molar-refractivity contribution in [3.8, 4) is 6.07 Å². The summed E-state index contributed by atoms with van der Waals surface area (Å²) < 4.78 is 0. The van der Waals surface area contributed by atoms with Gasteiger partial charge in [0.05, 0.1) is 11.6 Å². The van der Waals surface area contributed by atoms with Crippen molar-refractivity contribution in [2.24, 2.45) is 5.92 Å². The van der Waals surface area contributed by atoms with Crippen LogP contribution in [0.15, 0.2) is 42.9 Å². The minimum atomic E-state index is 0.0141. The van der Waals surface area contributed by atoms with E-state index < -0.39 is 0 Å². The minimum Gasteiger partial charge on any atom is -0.346 e. The molecule has 0 unspecified atom stereocenters. The molecular formula is C20H19N5O. The Morgan fingerprint density at radius 1 is 1.19 bits per heavy atom. The van der Waals surface area contributed by atoms with Gasteiger partial charge in [0.2, 0.25) is 0 Å². The molecule has 1 fully saturated rings. The molecule has 0 spiro atoms. The maximum absolute atomic E-state index is 12.9. The highest BCUT2D eigenvalue weighted by Crippen LogP contribution is 2.25. The van der Waals surface area contributed by atoms with Crippen molar-refractivity contribution in [2.75, 3.05) is 13.1 Å². The number of aromatic nitrogens is 3. The first-order valence-corrected chi connectivity index (χ1v) is 8.78. The number of nitrogens with zero attached hydrogens (tertiary/aromatic N) is 4. The number of ketones is 1. The lowest BCUT2D eigenvalue weighted by Gasteiger charge is -2.31. The van der Waals surface area contributed by atoms with Crippen LogP contribution in [0, 0.1) is 17.2 Å². The van der Waals surface area contributed by atoms with Crippen molar-refractivity contribution >= 4 is 16.8 Å². The van der Waals surface area contributed by atoms with Crippen molar-refractivity contribution in [1.29, 1.82) is 5.26 Å². The van der Waals surface area contributed by atoms with Crippen molar-refractivity contribution in [3.05, 3.63) is 59.7 Å². The molecule has 1 N–H and O–H groups in total. The Kier molecular flexibility index (Phi) is 4.46. The Bertz CT molecular complexity index is 962. The summed E-state index contributed by atoms with van der Waals surface area (Å²) in [4.78, 5) is 26.7. The molecule has 1 aliphatic heterocycles. The quantitative estimate of drug-likeness (QED) is 0.735. The molecule has 2 aromatic heterocycles. The molecule has 130 valence electrons. The molecule has 3 heterocycles. The molecule has 6 nitrogen and oxygen atoms in total. The number of carbonyl (C=O) groups excluding carboxylic acids is 1. The number of hydrogen-bond acceptors (Lipinski definition) is 5. The Morgan fingerprint density at radius 3 is 2.69 bits per heavy atom. The first kappa shape index (κ1) is 16.4. The van der Waals surface area contributed by atoms with E-state index in [9.17, 15) is 4.79 Å². The van der Waals surface area contributed by atoms with Crippen LogP contribution in [0.4, 0.5) is 0 Å². The SMILES string of the molecule is N#Cc1ccc(CN2CCC(C(=O)c3ncnc4[nH]ccc34)CC2)cc1. The second-order valence-corrected chi connectivity index (χ2v) is 6.69. The number of nitrogens with one attached hydrogen (secondary N) is 1. The first-order chi connectivity index (χ1) is 12.7. The zero-order chi connectivity index (χ0) is 17.9. The average molecular weight is 345 g/mol. The number of nitriles is 1. The molecule has 3 aromatic rings. The van der Waals surface area contributed by atoms with E-state index >= 15 is 0 Å². The van der Waals surface area contributed by atoms with E-state index in [0.717, 1.165) is 37.9 Å². The third kappa shape index (κ3) is 3.22. The fourth-order valence-corrected chi connectivity index (χ4v) is 3.56. The number of hydrogen-bond donors (Lipinski definition) is 1. The largest absolute Gasteiger partial charge is 0.346 e. The highest BCUT2D eigenvalue weighted by molar-refractivity contribution is 6.06. The Hall–Kier alpha value is -3.04. The third-order valence-electron chi connectivity index (χ3n) is 5.03. The molecule has 1 aromatic carbocycles. The van der Waals surface area contributed by atoms with Crippen molar-refractivity contribution in [2.45, 2.75) is 19.4 Å². The fraction of sp³-hybridized carbons (Fsp3) is 0.300. The normalized spacial score (nSPS) is 15.8. The van der Waals surface area contributed by atoms with Crippen LogP contribution in [0.25, 0.3) is 11.0 Å². The van der Waals surface area contributed by atoms with Gasteiger partial charge in [-0.05, 0) is 49.7 Å². The second kappa shape index (κ2) is 7.06. The molecule has 6 heteroatoms. The summed E-state index contributed by atoms with van der Waals surface area (Å²) in [5.41, 5.74) is 3.11. The van der Waals surface area contributed by atoms with Gasteiger partial charge in [-0.1, -0.05) is 12.1 Å². The number of benzene rings is 1. The number of Topliss-reactive ketones (excluding diaryl/α,β-unsaturated/α-hetero) is 1. The number of rotatable bonds is 4. The molecule has 1 saturated heterocycles. The predicted octanol–water partition coefficient (Wildman–Crippen LogP) is 2.92. The van der Waals surface area contributed by atoms with Crippen LogP contribution in [-0.4, -0.2) is 38.7 Å². The topological polar surface area (TPSA) is 85.7 Å². The number of H-pyrrole nitrogens is 1. The van der Waals surface area contributed by atoms with E-state index in [0.29, 0.717) is 16.9 Å². The van der Waals surface area contributed by atoms with Crippen LogP contribution in [0.5, 0.6) is 0 Å². The van der Waals surface area contributed by atoms with Crippen molar-refractivity contribution in [3.63, 3.8) is 0 Å². The fourth-order valence-electron chi connectivity index (χ4n) is 3.56. The van der Waals surface area contributed by atoms with Crippen LogP contribution in [0.2, 0.25) is 0 Å². The van der Waals surface area contributed by atoms with Gasteiger partial charge >= 0.3 is 0 Å². The summed E-state index contributed by atoms with van der Waals surface area (Å²) >= 11 is 0. The van der Waals surface area contributed by atoms with Gasteiger partial charge in [-0.2, -0.15) is 5.26 Å². The second-order valence-electron chi connectivity index (χ2n) is 6.69. The molecule has 26 heavy (non-hydrogen) atoms. The number of piperidine rings is 1. The maximum Gasteiger partial charge on any atom is 0.185 e. The summed E-state index contributed by atoms with van der Waals surface area (Å²) in [6, 6.07) is 11.7. The van der Waals surface area contributed by atoms with E-state index in [4.69, 9.17) is 5.26 Å². The third-order valence-corrected chi connectivity index (χ3v) is 5.03. The van der Waals surface area contributed by atoms with Gasteiger partial charge in [0.15, 0.2) is 5.78 Å². The summed E-state index contributed by atoms with van der Waals surface area (Å²) in [6.45, 7) is 2.62. The lowest BCUT2D eigenvalue weighted by Crippen LogP contribution is -2.36. The Balaban J connectivity index is 1.39. The summed E-state index contributed by atoms with van der Waals surface area (Å²) in [5, 5.41) is 9.68. The van der Waals surface area contributed by atoms with Gasteiger partial charge in [0.1, 0.15) is 17.7 Å². The van der Waals surface area contributed by atoms with Crippen LogP contribution >= 0.6 is 0 Å². The lowest BCUT2D eigenvalue weighted by atomic mass is 9.90. The molecule has 4 rings (SSSR count). The standard InChI is InChI=1S/C20H19N5O/c21-11-14-1-3-15(4-2-14)12-25-9-6-16(7-10-25)19(26)18-17-5-8-22-20(17)24-13-23-18/h1-5,8,13,16H,6-7,9-10,12H2,(H,22,23,24). The monoisotopic (exact) mass is 345 g/mol. The van der Waals surface area contributed by atoms with Gasteiger partial charge in [-0.15, -0.1) is 0 Å². The number of fused-ring (bicyclic) bond motifs is 1. The summed E-state index contributed by atoms with van der Waals surface area (Å²) in [5.74, 6) is 0.134. The van der Waals surface area contributed by atoms with E-state index in [-0.39, 0.29) is 11.7 Å². The van der Waals surface area contributed by atoms with Crippen LogP contribution in [0.3, 0.4) is 0 Å². The minimum absolute atomic E-state index is 0.0141. The molecule has 0 atom stereocenters. The lowest BCUT2D eigenvalue weighted by molar-refractivity contribution is 0.0831. The zero-order valence-electron chi connectivity index (χ0n) is 14.4. The highest BCUT2D eigenvalue weighted by Gasteiger charge is 2.28. The maximum atomic E-state index is 12.9. The van der Waals surface area contributed by atoms with Gasteiger partial charge in [-0.25, -0.2) is 9.97 Å². The molecule has 0 bridgehead atoms. The highest BCUT2D eigenvalue weighted by atomic mass is 16.1. The predicted molar refractivity (Wildman–Crippen MR) is 97.4 cm³/mol. The Labute approximate surface area is 151 Å². The van der Waals surface area contributed by atoms with E-state index in [1.54, 1.807) is 6.20 Å². The van der Waals surface area contributed by atoms with E-state index in [1.807, 2.05) is 30.3 Å². The number of carbonyl (C=O) groups is 1.